The monoisotopic (exact) mass is 118 g/mol. The SMILES string of the molecule is O=NCC(O)CN=O. The predicted molar refractivity (Wildman–Crippen MR) is 27.3 cm³/mol. The Labute approximate surface area is 45.7 Å². The van der Waals surface area contributed by atoms with Crippen LogP contribution < -0.4 is 0 Å². The van der Waals surface area contributed by atoms with Gasteiger partial charge in [-0.3, -0.25) is 0 Å². The first-order chi connectivity index (χ1) is 3.81. The third-order valence-electron chi connectivity index (χ3n) is 0.571. The van der Waals surface area contributed by atoms with Gasteiger partial charge in [0.05, 0.1) is 6.10 Å². The van der Waals surface area contributed by atoms with E-state index in [0.717, 1.165) is 0 Å². The third-order valence-corrected chi connectivity index (χ3v) is 0.571. The molecule has 0 unspecified atom stereocenters. The minimum absolute atomic E-state index is 0.258. The van der Waals surface area contributed by atoms with Crippen molar-refractivity contribution in [2.45, 2.75) is 6.10 Å². The average Bonchev–Trinajstić information content (AvgIpc) is 1.68. The molecular weight excluding hydrogens is 112 g/mol. The largest absolute Gasteiger partial charge is 0.389 e. The Morgan fingerprint density at radius 1 is 1.25 bits per heavy atom. The summed E-state index contributed by atoms with van der Waals surface area (Å²) in [6.45, 7) is -0.516. The van der Waals surface area contributed by atoms with Crippen molar-refractivity contribution in [2.75, 3.05) is 13.1 Å². The van der Waals surface area contributed by atoms with Gasteiger partial charge in [-0.25, -0.2) is 0 Å². The fourth-order valence-corrected chi connectivity index (χ4v) is 0.230. The quantitative estimate of drug-likeness (QED) is 0.522. The minimum Gasteiger partial charge on any atom is -0.389 e. The van der Waals surface area contributed by atoms with Crippen molar-refractivity contribution < 1.29 is 5.11 Å². The molecule has 0 radical (unpaired) electrons. The van der Waals surface area contributed by atoms with E-state index >= 15 is 0 Å². The molecule has 0 aliphatic rings. The van der Waals surface area contributed by atoms with Crippen molar-refractivity contribution in [3.05, 3.63) is 9.81 Å². The second-order valence-corrected chi connectivity index (χ2v) is 1.28. The number of rotatable bonds is 4. The molecule has 0 amide bonds. The molecule has 0 fully saturated rings. The number of aliphatic hydroxyl groups is 1. The van der Waals surface area contributed by atoms with Gasteiger partial charge in [0.2, 0.25) is 0 Å². The molecule has 0 aromatic carbocycles. The van der Waals surface area contributed by atoms with Crippen LogP contribution >= 0.6 is 0 Å². The normalized spacial score (nSPS) is 9.25. The smallest absolute Gasteiger partial charge is 0.109 e. The number of hydrogen-bond acceptors (Lipinski definition) is 5. The first kappa shape index (κ1) is 7.16. The van der Waals surface area contributed by atoms with Gasteiger partial charge >= 0.3 is 0 Å². The highest BCUT2D eigenvalue weighted by Gasteiger charge is 2.00. The Hall–Kier alpha value is -0.840. The lowest BCUT2D eigenvalue weighted by molar-refractivity contribution is 0.191. The minimum atomic E-state index is -0.995. The van der Waals surface area contributed by atoms with Gasteiger partial charge in [0.15, 0.2) is 0 Å². The van der Waals surface area contributed by atoms with E-state index in [9.17, 15) is 9.81 Å². The van der Waals surface area contributed by atoms with Crippen LogP contribution in [-0.4, -0.2) is 24.3 Å². The highest BCUT2D eigenvalue weighted by molar-refractivity contribution is 4.59. The van der Waals surface area contributed by atoms with Crippen molar-refractivity contribution in [3.8, 4) is 0 Å². The molecule has 1 N–H and O–H groups in total. The molecule has 0 aliphatic heterocycles. The van der Waals surface area contributed by atoms with Crippen LogP contribution in [0.2, 0.25) is 0 Å². The summed E-state index contributed by atoms with van der Waals surface area (Å²) in [7, 11) is 0. The molecule has 0 spiro atoms. The zero-order chi connectivity index (χ0) is 6.41. The molecule has 0 aromatic heterocycles. The second kappa shape index (κ2) is 4.32. The first-order valence-electron chi connectivity index (χ1n) is 2.07. The summed E-state index contributed by atoms with van der Waals surface area (Å²) >= 11 is 0. The molecule has 5 heteroatoms. The first-order valence-corrected chi connectivity index (χ1v) is 2.07. The van der Waals surface area contributed by atoms with E-state index < -0.39 is 6.10 Å². The van der Waals surface area contributed by atoms with Crippen LogP contribution in [0, 0.1) is 9.81 Å². The van der Waals surface area contributed by atoms with E-state index in [1.165, 1.54) is 0 Å². The van der Waals surface area contributed by atoms with Crippen LogP contribution in [0.4, 0.5) is 0 Å². The topological polar surface area (TPSA) is 79.1 Å². The second-order valence-electron chi connectivity index (χ2n) is 1.28. The summed E-state index contributed by atoms with van der Waals surface area (Å²) in [5.41, 5.74) is 0. The highest BCUT2D eigenvalue weighted by Crippen LogP contribution is 1.82. The molecule has 0 saturated carbocycles. The summed E-state index contributed by atoms with van der Waals surface area (Å²) in [6.07, 6.45) is -0.995. The molecule has 46 valence electrons. The van der Waals surface area contributed by atoms with E-state index in [4.69, 9.17) is 5.11 Å². The van der Waals surface area contributed by atoms with Gasteiger partial charge in [0.1, 0.15) is 13.1 Å². The Balaban J connectivity index is 3.16. The average molecular weight is 118 g/mol. The molecule has 0 bridgehead atoms. The predicted octanol–water partition coefficient (Wildman–Crippen LogP) is -0.120. The maximum absolute atomic E-state index is 9.34. The molecule has 0 saturated heterocycles. The van der Waals surface area contributed by atoms with Crippen LogP contribution in [0.25, 0.3) is 0 Å². The van der Waals surface area contributed by atoms with Crippen molar-refractivity contribution in [1.82, 2.24) is 0 Å². The maximum Gasteiger partial charge on any atom is 0.109 e. The van der Waals surface area contributed by atoms with Gasteiger partial charge in [0.25, 0.3) is 0 Å². The number of aliphatic hydroxyl groups excluding tert-OH is 1. The number of hydrogen-bond donors (Lipinski definition) is 1. The summed E-state index contributed by atoms with van der Waals surface area (Å²) < 4.78 is 0. The van der Waals surface area contributed by atoms with Gasteiger partial charge in [0, 0.05) is 0 Å². The van der Waals surface area contributed by atoms with Gasteiger partial charge in [-0.1, -0.05) is 10.4 Å². The third kappa shape index (κ3) is 3.35. The van der Waals surface area contributed by atoms with Gasteiger partial charge in [-0.15, -0.1) is 0 Å². The van der Waals surface area contributed by atoms with Crippen molar-refractivity contribution in [1.29, 1.82) is 0 Å². The van der Waals surface area contributed by atoms with Gasteiger partial charge in [-0.2, -0.15) is 9.81 Å². The maximum atomic E-state index is 9.34. The van der Waals surface area contributed by atoms with Crippen molar-refractivity contribution in [3.63, 3.8) is 0 Å². The Morgan fingerprint density at radius 3 is 1.88 bits per heavy atom. The highest BCUT2D eigenvalue weighted by atomic mass is 16.3. The lowest BCUT2D eigenvalue weighted by Crippen LogP contribution is -2.13. The molecule has 0 aliphatic carbocycles. The van der Waals surface area contributed by atoms with E-state index in [2.05, 4.69) is 10.4 Å². The van der Waals surface area contributed by atoms with Gasteiger partial charge in [-0.05, 0) is 0 Å². The van der Waals surface area contributed by atoms with Crippen LogP contribution in [-0.2, 0) is 0 Å². The standard InChI is InChI=1S/C3H6N2O3/c6-3(1-4-7)2-5-8/h3,6H,1-2H2. The van der Waals surface area contributed by atoms with E-state index in [0.29, 0.717) is 0 Å². The molecular formula is C3H6N2O3. The van der Waals surface area contributed by atoms with Crippen LogP contribution in [0.15, 0.2) is 10.4 Å². The summed E-state index contributed by atoms with van der Waals surface area (Å²) in [5.74, 6) is 0. The number of nitroso groups, excluding NO2 is 2. The molecule has 0 aromatic rings. The lowest BCUT2D eigenvalue weighted by atomic mass is 10.4. The Bertz CT molecular complexity index is 74.6. The van der Waals surface area contributed by atoms with Crippen LogP contribution in [0.1, 0.15) is 0 Å². The Morgan fingerprint density at radius 2 is 1.62 bits per heavy atom. The van der Waals surface area contributed by atoms with E-state index in [-0.39, 0.29) is 13.1 Å². The number of nitrogens with zero attached hydrogens (tertiary/aromatic N) is 2. The summed E-state index contributed by atoms with van der Waals surface area (Å²) in [4.78, 5) is 18.7. The van der Waals surface area contributed by atoms with Crippen LogP contribution in [0.3, 0.4) is 0 Å². The zero-order valence-electron chi connectivity index (χ0n) is 4.15. The van der Waals surface area contributed by atoms with Crippen molar-refractivity contribution >= 4 is 0 Å². The van der Waals surface area contributed by atoms with Crippen molar-refractivity contribution in [2.24, 2.45) is 10.4 Å². The fraction of sp³-hybridized carbons (Fsp3) is 1.00. The van der Waals surface area contributed by atoms with Gasteiger partial charge < -0.3 is 5.11 Å². The van der Waals surface area contributed by atoms with E-state index in [1.807, 2.05) is 0 Å². The molecule has 8 heavy (non-hydrogen) atoms. The van der Waals surface area contributed by atoms with Crippen LogP contribution in [0.5, 0.6) is 0 Å². The van der Waals surface area contributed by atoms with E-state index in [1.54, 1.807) is 0 Å². The summed E-state index contributed by atoms with van der Waals surface area (Å²) in [6, 6.07) is 0. The molecule has 5 nitrogen and oxygen atoms in total. The summed E-state index contributed by atoms with van der Waals surface area (Å²) in [5, 5.41) is 13.2. The molecule has 0 heterocycles. The Kier molecular flexibility index (Phi) is 3.87. The zero-order valence-corrected chi connectivity index (χ0v) is 4.15. The fourth-order valence-electron chi connectivity index (χ4n) is 0.230. The molecule has 0 atom stereocenters. The molecule has 0 rings (SSSR count). The lowest BCUT2D eigenvalue weighted by Gasteiger charge is -1.94.